The van der Waals surface area contributed by atoms with Gasteiger partial charge in [-0.2, -0.15) is 0 Å². The average Bonchev–Trinajstić information content (AvgIpc) is 2.83. The Morgan fingerprint density at radius 3 is 2.89 bits per heavy atom. The fourth-order valence-corrected chi connectivity index (χ4v) is 1.95. The summed E-state index contributed by atoms with van der Waals surface area (Å²) in [5.41, 5.74) is 8.52. The maximum Gasteiger partial charge on any atom is 0.569 e. The third-order valence-electron chi connectivity index (χ3n) is 2.80. The van der Waals surface area contributed by atoms with E-state index in [2.05, 4.69) is 21.0 Å². The van der Waals surface area contributed by atoms with Crippen molar-refractivity contribution < 1.29 is 23.9 Å². The van der Waals surface area contributed by atoms with Crippen LogP contribution in [0.2, 0.25) is 0 Å². The van der Waals surface area contributed by atoms with Gasteiger partial charge >= 0.3 is 17.8 Å². The summed E-state index contributed by atoms with van der Waals surface area (Å²) in [5.74, 6) is -2.47. The highest BCUT2D eigenvalue weighted by Gasteiger charge is 2.27. The van der Waals surface area contributed by atoms with Gasteiger partial charge in [0.05, 0.1) is 0 Å². The van der Waals surface area contributed by atoms with Crippen LogP contribution in [0.1, 0.15) is 19.8 Å². The minimum Gasteiger partial charge on any atom is -0.453 e. The Kier molecular flexibility index (Phi) is 5.92. The number of hydrogen-bond donors (Lipinski definition) is 0. The van der Waals surface area contributed by atoms with Crippen molar-refractivity contribution in [3.63, 3.8) is 0 Å². The van der Waals surface area contributed by atoms with Crippen molar-refractivity contribution >= 4 is 17.8 Å². The Hall–Kier alpha value is -1.98. The molecule has 1 heterocycles. The molecular formula is C12H17N3O4. The lowest BCUT2D eigenvalue weighted by molar-refractivity contribution is -0.152. The molecule has 7 heteroatoms. The Balaban J connectivity index is 2.36. The van der Waals surface area contributed by atoms with Crippen LogP contribution in [-0.2, 0) is 19.1 Å². The first-order chi connectivity index (χ1) is 9.08. The maximum absolute atomic E-state index is 11.4. The minimum atomic E-state index is -0.966. The van der Waals surface area contributed by atoms with Crippen molar-refractivity contribution in [2.24, 2.45) is 0 Å². The smallest absolute Gasteiger partial charge is 0.453 e. The van der Waals surface area contributed by atoms with E-state index in [-0.39, 0.29) is 6.61 Å². The number of carbonyl (C=O) groups is 2. The monoisotopic (exact) mass is 267 g/mol. The van der Waals surface area contributed by atoms with Gasteiger partial charge in [-0.15, -0.1) is 11.4 Å². The Morgan fingerprint density at radius 1 is 1.58 bits per heavy atom. The lowest BCUT2D eigenvalue weighted by Gasteiger charge is -2.20. The van der Waals surface area contributed by atoms with Crippen molar-refractivity contribution in [3.05, 3.63) is 18.2 Å². The predicted octanol–water partition coefficient (Wildman–Crippen LogP) is 0.371. The molecule has 0 amide bonds. The first-order valence-corrected chi connectivity index (χ1v) is 6.02. The second-order valence-corrected chi connectivity index (χ2v) is 4.12. The molecule has 1 aliphatic heterocycles. The van der Waals surface area contributed by atoms with Crippen LogP contribution in [0.4, 0.5) is 0 Å². The van der Waals surface area contributed by atoms with Gasteiger partial charge in [0.2, 0.25) is 0 Å². The minimum absolute atomic E-state index is 0.128. The third-order valence-corrected chi connectivity index (χ3v) is 2.80. The van der Waals surface area contributed by atoms with Gasteiger partial charge in [0, 0.05) is 19.5 Å². The van der Waals surface area contributed by atoms with E-state index in [1.54, 1.807) is 0 Å². The molecule has 0 aliphatic carbocycles. The highest BCUT2D eigenvalue weighted by atomic mass is 16.6. The average molecular weight is 267 g/mol. The summed E-state index contributed by atoms with van der Waals surface area (Å²) in [4.78, 5) is 26.8. The van der Waals surface area contributed by atoms with Gasteiger partial charge in [0.25, 0.3) is 0 Å². The summed E-state index contributed by atoms with van der Waals surface area (Å²) in [6.07, 6.45) is 4.00. The number of ether oxygens (including phenoxy) is 2. The molecule has 0 aromatic rings. The Morgan fingerprint density at radius 2 is 2.32 bits per heavy atom. The molecule has 0 saturated carbocycles. The predicted molar refractivity (Wildman–Crippen MR) is 66.1 cm³/mol. The molecule has 1 unspecified atom stereocenters. The highest BCUT2D eigenvalue weighted by Crippen LogP contribution is 2.16. The van der Waals surface area contributed by atoms with Crippen LogP contribution in [-0.4, -0.2) is 53.3 Å². The standard InChI is InChI=1S/C12H17N3O4/c1-3-10-5-4-6-15(10)7-8-18-12(17)11(14-13)19-9(2)16/h3,10H,1,4-8H2,2H3. The van der Waals surface area contributed by atoms with Crippen molar-refractivity contribution in [1.82, 2.24) is 4.90 Å². The molecule has 0 bridgehead atoms. The number of likely N-dealkylation sites (tertiary alicyclic amines) is 1. The van der Waals surface area contributed by atoms with Crippen LogP contribution in [0.3, 0.4) is 0 Å². The maximum atomic E-state index is 11.4. The molecule has 1 atom stereocenters. The summed E-state index contributed by atoms with van der Waals surface area (Å²) >= 11 is 0. The molecule has 0 aromatic carbocycles. The molecule has 19 heavy (non-hydrogen) atoms. The van der Waals surface area contributed by atoms with E-state index >= 15 is 0 Å². The van der Waals surface area contributed by atoms with Crippen molar-refractivity contribution in [3.8, 4) is 0 Å². The van der Waals surface area contributed by atoms with E-state index < -0.39 is 17.8 Å². The topological polar surface area (TPSA) is 92.2 Å². The van der Waals surface area contributed by atoms with Gasteiger partial charge in [-0.3, -0.25) is 9.69 Å². The van der Waals surface area contributed by atoms with Crippen molar-refractivity contribution in [2.75, 3.05) is 19.7 Å². The summed E-state index contributed by atoms with van der Waals surface area (Å²) in [6.45, 7) is 6.46. The molecule has 0 spiro atoms. The van der Waals surface area contributed by atoms with Crippen LogP contribution in [0.15, 0.2) is 12.7 Å². The van der Waals surface area contributed by atoms with E-state index in [1.165, 1.54) is 0 Å². The molecule has 1 saturated heterocycles. The second-order valence-electron chi connectivity index (χ2n) is 4.12. The number of esters is 2. The van der Waals surface area contributed by atoms with E-state index in [1.807, 2.05) is 6.08 Å². The first-order valence-electron chi connectivity index (χ1n) is 6.02. The van der Waals surface area contributed by atoms with Gasteiger partial charge < -0.3 is 15.0 Å². The SMILES string of the molecule is C=CC1CCCN1CCOC(=O)C(=[N+]=[N-])OC(C)=O. The van der Waals surface area contributed by atoms with Gasteiger partial charge in [-0.25, -0.2) is 4.79 Å². The third kappa shape index (κ3) is 4.65. The molecular weight excluding hydrogens is 250 g/mol. The normalized spacial score (nSPS) is 18.5. The molecule has 1 rings (SSSR count). The van der Waals surface area contributed by atoms with Gasteiger partial charge in [-0.1, -0.05) is 6.08 Å². The van der Waals surface area contributed by atoms with E-state index in [9.17, 15) is 9.59 Å². The van der Waals surface area contributed by atoms with Crippen LogP contribution in [0.25, 0.3) is 5.53 Å². The Bertz CT molecular complexity index is 415. The molecule has 1 aliphatic rings. The number of nitrogens with zero attached hydrogens (tertiary/aromatic N) is 3. The van der Waals surface area contributed by atoms with E-state index in [0.29, 0.717) is 12.6 Å². The molecule has 0 N–H and O–H groups in total. The fraction of sp³-hybridized carbons (Fsp3) is 0.583. The zero-order valence-electron chi connectivity index (χ0n) is 10.9. The fourth-order valence-electron chi connectivity index (χ4n) is 1.95. The lowest BCUT2D eigenvalue weighted by atomic mass is 10.2. The van der Waals surface area contributed by atoms with Gasteiger partial charge in [0.1, 0.15) is 6.61 Å². The Labute approximate surface area is 111 Å². The largest absolute Gasteiger partial charge is 0.569 e. The first kappa shape index (κ1) is 15.1. The van der Waals surface area contributed by atoms with Gasteiger partial charge in [-0.05, 0) is 19.4 Å². The van der Waals surface area contributed by atoms with E-state index in [4.69, 9.17) is 10.3 Å². The van der Waals surface area contributed by atoms with E-state index in [0.717, 1.165) is 26.3 Å². The van der Waals surface area contributed by atoms with Gasteiger partial charge in [0.15, 0.2) is 0 Å². The van der Waals surface area contributed by atoms with Crippen LogP contribution >= 0.6 is 0 Å². The number of hydrogen-bond acceptors (Lipinski definition) is 5. The molecule has 7 nitrogen and oxygen atoms in total. The molecule has 0 aromatic heterocycles. The second kappa shape index (κ2) is 7.45. The number of rotatable bonds is 4. The van der Waals surface area contributed by atoms with Crippen molar-refractivity contribution in [1.29, 1.82) is 0 Å². The summed E-state index contributed by atoms with van der Waals surface area (Å²) < 4.78 is 9.25. The molecule has 0 radical (unpaired) electrons. The van der Waals surface area contributed by atoms with Crippen LogP contribution < -0.4 is 0 Å². The van der Waals surface area contributed by atoms with Crippen LogP contribution in [0, 0.1) is 0 Å². The molecule has 1 fully saturated rings. The highest BCUT2D eigenvalue weighted by molar-refractivity contribution is 6.31. The zero-order chi connectivity index (χ0) is 14.3. The van der Waals surface area contributed by atoms with Crippen LogP contribution in [0.5, 0.6) is 0 Å². The zero-order valence-corrected chi connectivity index (χ0v) is 10.9. The molecule has 104 valence electrons. The summed E-state index contributed by atoms with van der Waals surface area (Å²) in [7, 11) is 0. The lowest BCUT2D eigenvalue weighted by Crippen LogP contribution is -2.33. The number of carbonyl (C=O) groups excluding carboxylic acids is 2. The quantitative estimate of drug-likeness (QED) is 0.183. The summed E-state index contributed by atoms with van der Waals surface area (Å²) in [6, 6.07) is 0.304. The summed E-state index contributed by atoms with van der Waals surface area (Å²) in [5, 5.41) is 0. The van der Waals surface area contributed by atoms with Crippen molar-refractivity contribution in [2.45, 2.75) is 25.8 Å².